The van der Waals surface area contributed by atoms with Crippen LogP contribution in [0.15, 0.2) is 91.1 Å². The van der Waals surface area contributed by atoms with Crippen LogP contribution in [0, 0.1) is 5.82 Å². The molecular weight excluding hydrogens is 459 g/mol. The smallest absolute Gasteiger partial charge is 0.416 e. The highest BCUT2D eigenvalue weighted by molar-refractivity contribution is 5.90. The summed E-state index contributed by atoms with van der Waals surface area (Å²) >= 11 is 0. The average Bonchev–Trinajstić information content (AvgIpc) is 3.20. The van der Waals surface area contributed by atoms with E-state index in [-0.39, 0.29) is 18.5 Å². The van der Waals surface area contributed by atoms with Gasteiger partial charge < -0.3 is 14.8 Å². The number of aromatic nitrogens is 2. The molecule has 0 saturated carbocycles. The number of benzene rings is 3. The molecule has 1 aliphatic heterocycles. The van der Waals surface area contributed by atoms with Crippen molar-refractivity contribution in [3.63, 3.8) is 0 Å². The summed E-state index contributed by atoms with van der Waals surface area (Å²) in [5.41, 5.74) is 0.923. The van der Waals surface area contributed by atoms with Crippen molar-refractivity contribution in [3.8, 4) is 11.5 Å². The zero-order valence-corrected chi connectivity index (χ0v) is 19.9. The van der Waals surface area contributed by atoms with Gasteiger partial charge in [-0.15, -0.1) is 0 Å². The van der Waals surface area contributed by atoms with Crippen LogP contribution in [-0.2, 0) is 10.3 Å². The first-order valence-corrected chi connectivity index (χ1v) is 11.6. The number of nitrogens with zero attached hydrogens (tertiary/aromatic N) is 3. The molecule has 1 fully saturated rings. The number of para-hydroxylation sites is 1. The van der Waals surface area contributed by atoms with E-state index in [1.165, 1.54) is 17.0 Å². The molecule has 1 aliphatic rings. The molecule has 1 N–H and O–H groups in total. The molecule has 2 heterocycles. The van der Waals surface area contributed by atoms with Crippen LogP contribution >= 0.6 is 0 Å². The number of ether oxygens (including phenoxy) is 2. The Hall–Kier alpha value is -4.46. The van der Waals surface area contributed by atoms with E-state index in [9.17, 15) is 9.18 Å². The van der Waals surface area contributed by atoms with Gasteiger partial charge in [0.05, 0.1) is 6.04 Å². The molecule has 0 bridgehead atoms. The maximum Gasteiger partial charge on any atom is 0.416 e. The standard InChI is InChI=1S/C28H25FN4O3/c1-19(20-8-14-24(15-9-20)36-23-6-4-3-5-7-23)31-26-30-17-16-25(32-26)33-27(34)35-18-28(33,2)21-10-12-22(29)13-11-21/h3-17,19H,18H2,1-2H3,(H,30,31,32)/t19-,28-/m0/s1. The van der Waals surface area contributed by atoms with E-state index in [0.717, 1.165) is 22.6 Å². The second kappa shape index (κ2) is 9.65. The lowest BCUT2D eigenvalue weighted by Gasteiger charge is -2.31. The zero-order chi connectivity index (χ0) is 25.1. The Morgan fingerprint density at radius 3 is 2.42 bits per heavy atom. The predicted octanol–water partition coefficient (Wildman–Crippen LogP) is 6.45. The van der Waals surface area contributed by atoms with Gasteiger partial charge in [0.2, 0.25) is 5.95 Å². The van der Waals surface area contributed by atoms with Gasteiger partial charge in [0.15, 0.2) is 0 Å². The number of carbonyl (C=O) groups excluding carboxylic acids is 1. The van der Waals surface area contributed by atoms with Crippen molar-refractivity contribution in [2.45, 2.75) is 25.4 Å². The summed E-state index contributed by atoms with van der Waals surface area (Å²) in [6.07, 6.45) is 1.07. The van der Waals surface area contributed by atoms with Gasteiger partial charge in [-0.1, -0.05) is 42.5 Å². The first kappa shape index (κ1) is 23.3. The Morgan fingerprint density at radius 2 is 1.69 bits per heavy atom. The average molecular weight is 485 g/mol. The summed E-state index contributed by atoms with van der Waals surface area (Å²) in [4.78, 5) is 23.1. The van der Waals surface area contributed by atoms with Crippen molar-refractivity contribution in [3.05, 3.63) is 108 Å². The van der Waals surface area contributed by atoms with Crippen LogP contribution in [0.3, 0.4) is 0 Å². The molecule has 1 amide bonds. The van der Waals surface area contributed by atoms with Gasteiger partial charge in [-0.3, -0.25) is 0 Å². The Bertz CT molecular complexity index is 1350. The Balaban J connectivity index is 1.32. The highest BCUT2D eigenvalue weighted by Gasteiger charge is 2.47. The molecule has 36 heavy (non-hydrogen) atoms. The molecule has 2 atom stereocenters. The number of cyclic esters (lactones) is 1. The summed E-state index contributed by atoms with van der Waals surface area (Å²) in [5.74, 6) is 1.92. The molecule has 8 heteroatoms. The molecule has 0 spiro atoms. The molecule has 3 aromatic carbocycles. The van der Waals surface area contributed by atoms with Crippen LogP contribution in [-0.4, -0.2) is 22.7 Å². The van der Waals surface area contributed by atoms with Crippen molar-refractivity contribution in [1.82, 2.24) is 9.97 Å². The highest BCUT2D eigenvalue weighted by atomic mass is 19.1. The van der Waals surface area contributed by atoms with E-state index >= 15 is 0 Å². The Labute approximate surface area is 208 Å². The van der Waals surface area contributed by atoms with Crippen LogP contribution in [0.5, 0.6) is 11.5 Å². The fraction of sp³-hybridized carbons (Fsp3) is 0.179. The van der Waals surface area contributed by atoms with Crippen LogP contribution in [0.25, 0.3) is 0 Å². The van der Waals surface area contributed by atoms with E-state index < -0.39 is 11.6 Å². The number of hydrogen-bond donors (Lipinski definition) is 1. The van der Waals surface area contributed by atoms with Gasteiger partial charge >= 0.3 is 6.09 Å². The molecule has 0 unspecified atom stereocenters. The van der Waals surface area contributed by atoms with Gasteiger partial charge in [-0.2, -0.15) is 4.98 Å². The van der Waals surface area contributed by atoms with Crippen LogP contribution < -0.4 is 15.0 Å². The van der Waals surface area contributed by atoms with E-state index in [2.05, 4.69) is 15.3 Å². The first-order valence-electron chi connectivity index (χ1n) is 11.6. The number of carbonyl (C=O) groups is 1. The number of halogens is 1. The minimum Gasteiger partial charge on any atom is -0.457 e. The summed E-state index contributed by atoms with van der Waals surface area (Å²) < 4.78 is 24.7. The zero-order valence-electron chi connectivity index (χ0n) is 19.9. The number of anilines is 2. The normalized spacial score (nSPS) is 18.0. The largest absolute Gasteiger partial charge is 0.457 e. The van der Waals surface area contributed by atoms with Crippen LogP contribution in [0.4, 0.5) is 21.0 Å². The molecule has 7 nitrogen and oxygen atoms in total. The fourth-order valence-electron chi connectivity index (χ4n) is 4.17. The lowest BCUT2D eigenvalue weighted by Crippen LogP contribution is -2.43. The summed E-state index contributed by atoms with van der Waals surface area (Å²) in [6, 6.07) is 24.9. The predicted molar refractivity (Wildman–Crippen MR) is 135 cm³/mol. The topological polar surface area (TPSA) is 76.6 Å². The molecule has 0 aliphatic carbocycles. The maximum atomic E-state index is 13.5. The van der Waals surface area contributed by atoms with Gasteiger partial charge in [0.25, 0.3) is 0 Å². The van der Waals surface area contributed by atoms with E-state index in [0.29, 0.717) is 11.8 Å². The fourth-order valence-corrected chi connectivity index (χ4v) is 4.17. The lowest BCUT2D eigenvalue weighted by molar-refractivity contribution is 0.174. The molecular formula is C28H25FN4O3. The third-order valence-electron chi connectivity index (χ3n) is 6.19. The van der Waals surface area contributed by atoms with Crippen molar-refractivity contribution < 1.29 is 18.7 Å². The molecule has 4 aromatic rings. The second-order valence-corrected chi connectivity index (χ2v) is 8.76. The molecule has 0 radical (unpaired) electrons. The van der Waals surface area contributed by atoms with E-state index in [1.807, 2.05) is 68.4 Å². The minimum absolute atomic E-state index is 0.111. The third kappa shape index (κ3) is 4.70. The number of amides is 1. The maximum absolute atomic E-state index is 13.5. The SMILES string of the molecule is C[C@H](Nc1nccc(N2C(=O)OC[C@@]2(C)c2ccc(F)cc2)n1)c1ccc(Oc2ccccc2)cc1. The van der Waals surface area contributed by atoms with Crippen molar-refractivity contribution in [2.75, 3.05) is 16.8 Å². The van der Waals surface area contributed by atoms with Crippen LogP contribution in [0.1, 0.15) is 31.0 Å². The Morgan fingerprint density at radius 1 is 1.00 bits per heavy atom. The summed E-state index contributed by atoms with van der Waals surface area (Å²) in [6.45, 7) is 3.98. The van der Waals surface area contributed by atoms with Gasteiger partial charge in [-0.25, -0.2) is 19.1 Å². The summed E-state index contributed by atoms with van der Waals surface area (Å²) in [5, 5.41) is 3.29. The van der Waals surface area contributed by atoms with Gasteiger partial charge in [-0.05, 0) is 67.4 Å². The third-order valence-corrected chi connectivity index (χ3v) is 6.19. The number of rotatable bonds is 7. The van der Waals surface area contributed by atoms with Crippen molar-refractivity contribution in [1.29, 1.82) is 0 Å². The number of hydrogen-bond acceptors (Lipinski definition) is 6. The molecule has 182 valence electrons. The number of nitrogens with one attached hydrogen (secondary N) is 1. The quantitative estimate of drug-likeness (QED) is 0.325. The summed E-state index contributed by atoms with van der Waals surface area (Å²) in [7, 11) is 0. The second-order valence-electron chi connectivity index (χ2n) is 8.76. The van der Waals surface area contributed by atoms with E-state index in [1.54, 1.807) is 24.4 Å². The van der Waals surface area contributed by atoms with Gasteiger partial charge in [0.1, 0.15) is 35.3 Å². The molecule has 1 aromatic heterocycles. The van der Waals surface area contributed by atoms with Crippen LogP contribution in [0.2, 0.25) is 0 Å². The van der Waals surface area contributed by atoms with Gasteiger partial charge in [0, 0.05) is 6.20 Å². The highest BCUT2D eigenvalue weighted by Crippen LogP contribution is 2.38. The Kier molecular flexibility index (Phi) is 6.25. The first-order chi connectivity index (χ1) is 17.4. The molecule has 1 saturated heterocycles. The van der Waals surface area contributed by atoms with E-state index in [4.69, 9.17) is 9.47 Å². The lowest BCUT2D eigenvalue weighted by atomic mass is 9.92. The minimum atomic E-state index is -0.837. The van der Waals surface area contributed by atoms with Crippen molar-refractivity contribution in [2.24, 2.45) is 0 Å². The molecule has 5 rings (SSSR count). The monoisotopic (exact) mass is 484 g/mol. The van der Waals surface area contributed by atoms with Crippen molar-refractivity contribution >= 4 is 17.9 Å².